The fourth-order valence-electron chi connectivity index (χ4n) is 1.59. The maximum Gasteiger partial charge on any atom is 0.150 e. The summed E-state index contributed by atoms with van der Waals surface area (Å²) < 4.78 is 0. The van der Waals surface area contributed by atoms with Crippen molar-refractivity contribution < 1.29 is 0 Å². The molecule has 0 unspecified atom stereocenters. The second kappa shape index (κ2) is 3.46. The molecule has 0 saturated heterocycles. The largest absolute Gasteiger partial charge is 0.251 e. The van der Waals surface area contributed by atoms with Crippen LogP contribution in [0.4, 0.5) is 0 Å². The zero-order chi connectivity index (χ0) is 10.1. The smallest absolute Gasteiger partial charge is 0.150 e. The lowest BCUT2D eigenvalue weighted by molar-refractivity contribution is 0.893. The first-order chi connectivity index (χ1) is 6.68. The third-order valence-electron chi connectivity index (χ3n) is 2.30. The zero-order valence-electron chi connectivity index (χ0n) is 8.11. The maximum absolute atomic E-state index is 5.12. The van der Waals surface area contributed by atoms with Crippen molar-refractivity contribution in [2.24, 2.45) is 10.3 Å². The Morgan fingerprint density at radius 3 is 2.71 bits per heavy atom. The normalized spacial score (nSPS) is 19.9. The summed E-state index contributed by atoms with van der Waals surface area (Å²) in [5.41, 5.74) is 6.29. The Bertz CT molecular complexity index is 412. The maximum atomic E-state index is 5.12. The van der Waals surface area contributed by atoms with Crippen molar-refractivity contribution in [3.63, 3.8) is 0 Å². The van der Waals surface area contributed by atoms with E-state index >= 15 is 0 Å². The fourth-order valence-corrected chi connectivity index (χ4v) is 1.80. The molecule has 1 N–H and O–H groups in total. The predicted molar refractivity (Wildman–Crippen MR) is 59.2 cm³/mol. The Kier molecular flexibility index (Phi) is 2.29. The number of rotatable bonds is 1. The SMILES string of the molecule is Cc1ccc([C@@H]2N=NNC2=S)c(C)c1. The molecule has 0 fully saturated rings. The van der Waals surface area contributed by atoms with Gasteiger partial charge in [-0.1, -0.05) is 41.2 Å². The van der Waals surface area contributed by atoms with Gasteiger partial charge < -0.3 is 0 Å². The lowest BCUT2D eigenvalue weighted by atomic mass is 10.00. The van der Waals surface area contributed by atoms with E-state index in [9.17, 15) is 0 Å². The highest BCUT2D eigenvalue weighted by Crippen LogP contribution is 2.25. The molecule has 0 aliphatic carbocycles. The predicted octanol–water partition coefficient (Wildman–Crippen LogP) is 2.64. The summed E-state index contributed by atoms with van der Waals surface area (Å²) in [6.07, 6.45) is 0. The third kappa shape index (κ3) is 1.53. The molecule has 4 heteroatoms. The minimum absolute atomic E-state index is 0.0920. The summed E-state index contributed by atoms with van der Waals surface area (Å²) in [6, 6.07) is 6.17. The first kappa shape index (κ1) is 9.27. The molecular weight excluding hydrogens is 194 g/mol. The van der Waals surface area contributed by atoms with Crippen LogP contribution in [0.15, 0.2) is 28.5 Å². The molecule has 0 aromatic heterocycles. The van der Waals surface area contributed by atoms with Gasteiger partial charge in [0.25, 0.3) is 0 Å². The van der Waals surface area contributed by atoms with Crippen LogP contribution in [0.5, 0.6) is 0 Å². The highest BCUT2D eigenvalue weighted by molar-refractivity contribution is 7.80. The van der Waals surface area contributed by atoms with Gasteiger partial charge in [-0.25, -0.2) is 0 Å². The van der Waals surface area contributed by atoms with Gasteiger partial charge in [-0.15, -0.1) is 0 Å². The average Bonchev–Trinajstić information content (AvgIpc) is 2.52. The van der Waals surface area contributed by atoms with Crippen LogP contribution in [0.3, 0.4) is 0 Å². The van der Waals surface area contributed by atoms with E-state index in [2.05, 4.69) is 47.8 Å². The Morgan fingerprint density at radius 2 is 2.14 bits per heavy atom. The van der Waals surface area contributed by atoms with Gasteiger partial charge in [0.15, 0.2) is 0 Å². The van der Waals surface area contributed by atoms with Gasteiger partial charge in [0.05, 0.1) is 0 Å². The van der Waals surface area contributed by atoms with Crippen LogP contribution in [0.2, 0.25) is 0 Å². The second-order valence-corrected chi connectivity index (χ2v) is 3.89. The standard InChI is InChI=1S/C10H11N3S/c1-6-3-4-8(7(2)5-6)9-10(14)12-13-11-9/h3-5,9H,1-2H3,(H,11,12,14)/t9-/m0/s1. The quantitative estimate of drug-likeness (QED) is 0.715. The topological polar surface area (TPSA) is 36.8 Å². The van der Waals surface area contributed by atoms with E-state index < -0.39 is 0 Å². The fraction of sp³-hybridized carbons (Fsp3) is 0.300. The Hall–Kier alpha value is -1.29. The number of benzene rings is 1. The summed E-state index contributed by atoms with van der Waals surface area (Å²) in [5.74, 6) is 0. The van der Waals surface area contributed by atoms with E-state index in [0.717, 1.165) is 5.56 Å². The molecule has 1 aliphatic heterocycles. The summed E-state index contributed by atoms with van der Waals surface area (Å²) >= 11 is 5.12. The molecule has 1 atom stereocenters. The minimum Gasteiger partial charge on any atom is -0.251 e. The van der Waals surface area contributed by atoms with E-state index in [1.807, 2.05) is 0 Å². The van der Waals surface area contributed by atoms with Gasteiger partial charge in [-0.3, -0.25) is 5.43 Å². The first-order valence-corrected chi connectivity index (χ1v) is 4.86. The number of aryl methyl sites for hydroxylation is 2. The van der Waals surface area contributed by atoms with Crippen molar-refractivity contribution in [1.82, 2.24) is 5.43 Å². The van der Waals surface area contributed by atoms with E-state index in [0.29, 0.717) is 4.99 Å². The molecule has 0 saturated carbocycles. The molecule has 3 nitrogen and oxygen atoms in total. The highest BCUT2D eigenvalue weighted by atomic mass is 32.1. The van der Waals surface area contributed by atoms with Crippen LogP contribution in [0.1, 0.15) is 22.7 Å². The minimum atomic E-state index is -0.0920. The molecule has 2 rings (SSSR count). The van der Waals surface area contributed by atoms with Gasteiger partial charge >= 0.3 is 0 Å². The summed E-state index contributed by atoms with van der Waals surface area (Å²) in [4.78, 5) is 0.678. The van der Waals surface area contributed by atoms with Crippen molar-refractivity contribution in [3.05, 3.63) is 34.9 Å². The number of hydrogen-bond acceptors (Lipinski definition) is 3. The molecule has 1 aromatic rings. The number of hydrogen-bond donors (Lipinski definition) is 1. The van der Waals surface area contributed by atoms with E-state index in [4.69, 9.17) is 12.2 Å². The molecular formula is C10H11N3S. The van der Waals surface area contributed by atoms with Crippen molar-refractivity contribution in [3.8, 4) is 0 Å². The number of thiocarbonyl (C=S) groups is 1. The monoisotopic (exact) mass is 205 g/mol. The van der Waals surface area contributed by atoms with Crippen LogP contribution < -0.4 is 5.43 Å². The zero-order valence-corrected chi connectivity index (χ0v) is 8.93. The Balaban J connectivity index is 2.41. The summed E-state index contributed by atoms with van der Waals surface area (Å²) in [7, 11) is 0. The van der Waals surface area contributed by atoms with Crippen molar-refractivity contribution in [1.29, 1.82) is 0 Å². The molecule has 1 aliphatic rings. The van der Waals surface area contributed by atoms with Crippen LogP contribution >= 0.6 is 12.2 Å². The molecule has 1 aromatic carbocycles. The van der Waals surface area contributed by atoms with Gasteiger partial charge in [-0.05, 0) is 25.0 Å². The van der Waals surface area contributed by atoms with Gasteiger partial charge in [-0.2, -0.15) is 5.11 Å². The van der Waals surface area contributed by atoms with Gasteiger partial charge in [0.2, 0.25) is 0 Å². The molecule has 0 radical (unpaired) electrons. The van der Waals surface area contributed by atoms with Gasteiger partial charge in [0, 0.05) is 0 Å². The third-order valence-corrected chi connectivity index (χ3v) is 2.62. The van der Waals surface area contributed by atoms with Gasteiger partial charge in [0.1, 0.15) is 11.0 Å². The molecule has 0 bridgehead atoms. The second-order valence-electron chi connectivity index (χ2n) is 3.45. The van der Waals surface area contributed by atoms with E-state index in [1.54, 1.807) is 0 Å². The van der Waals surface area contributed by atoms with Crippen molar-refractivity contribution >= 4 is 17.2 Å². The first-order valence-electron chi connectivity index (χ1n) is 4.45. The molecule has 0 amide bonds. The highest BCUT2D eigenvalue weighted by Gasteiger charge is 2.21. The molecule has 0 spiro atoms. The van der Waals surface area contributed by atoms with Crippen LogP contribution in [0, 0.1) is 13.8 Å². The number of nitrogens with one attached hydrogen (secondary N) is 1. The molecule has 72 valence electrons. The van der Waals surface area contributed by atoms with E-state index in [1.165, 1.54) is 11.1 Å². The van der Waals surface area contributed by atoms with Crippen LogP contribution in [0.25, 0.3) is 0 Å². The van der Waals surface area contributed by atoms with Crippen LogP contribution in [-0.2, 0) is 0 Å². The van der Waals surface area contributed by atoms with Crippen molar-refractivity contribution in [2.75, 3.05) is 0 Å². The van der Waals surface area contributed by atoms with Crippen molar-refractivity contribution in [2.45, 2.75) is 19.9 Å². The van der Waals surface area contributed by atoms with E-state index in [-0.39, 0.29) is 6.04 Å². The van der Waals surface area contributed by atoms with Crippen LogP contribution in [-0.4, -0.2) is 4.99 Å². The Labute approximate surface area is 88.2 Å². The average molecular weight is 205 g/mol. The Morgan fingerprint density at radius 1 is 1.36 bits per heavy atom. The molecule has 1 heterocycles. The molecule has 14 heavy (non-hydrogen) atoms. The lowest BCUT2D eigenvalue weighted by Gasteiger charge is -2.09. The summed E-state index contributed by atoms with van der Waals surface area (Å²) in [5, 5.41) is 7.77. The number of nitrogens with zero attached hydrogens (tertiary/aromatic N) is 2. The lowest BCUT2D eigenvalue weighted by Crippen LogP contribution is -2.15. The summed E-state index contributed by atoms with van der Waals surface area (Å²) in [6.45, 7) is 4.14.